The van der Waals surface area contributed by atoms with Gasteiger partial charge in [-0.3, -0.25) is 9.59 Å². The lowest BCUT2D eigenvalue weighted by Gasteiger charge is -2.19. The van der Waals surface area contributed by atoms with Gasteiger partial charge in [0, 0.05) is 17.8 Å². The molecule has 0 saturated carbocycles. The van der Waals surface area contributed by atoms with Crippen LogP contribution in [0.15, 0.2) is 22.7 Å². The highest BCUT2D eigenvalue weighted by atomic mass is 16.5. The van der Waals surface area contributed by atoms with Gasteiger partial charge in [-0.25, -0.2) is 0 Å². The molecule has 148 valence electrons. The molecule has 0 fully saturated rings. The van der Waals surface area contributed by atoms with Gasteiger partial charge in [0.2, 0.25) is 23.1 Å². The molecule has 2 N–H and O–H groups in total. The van der Waals surface area contributed by atoms with Crippen LogP contribution in [-0.4, -0.2) is 34.0 Å². The Kier molecular flexibility index (Phi) is 9.06. The highest BCUT2D eigenvalue weighted by Crippen LogP contribution is 2.26. The van der Waals surface area contributed by atoms with Crippen LogP contribution in [0.2, 0.25) is 0 Å². The maximum Gasteiger partial charge on any atom is 0.227 e. The molecule has 1 aliphatic rings. The highest BCUT2D eigenvalue weighted by molar-refractivity contribution is 6.22. The summed E-state index contributed by atoms with van der Waals surface area (Å²) in [5, 5.41) is 18.9. The quantitative estimate of drug-likeness (QED) is 0.392. The van der Waals surface area contributed by atoms with E-state index < -0.39 is 23.1 Å². The third kappa shape index (κ3) is 7.32. The molecule has 1 rings (SSSR count). The van der Waals surface area contributed by atoms with Crippen LogP contribution < -0.4 is 0 Å². The SMILES string of the molecule is CC1=C(CCCCCCCCCCOC(C)(C)C)C(=O)C(O)=C(O)C1=O. The number of aliphatic hydroxyl groups excluding tert-OH is 2. The summed E-state index contributed by atoms with van der Waals surface area (Å²) in [5.41, 5.74) is 0.538. The predicted molar refractivity (Wildman–Crippen MR) is 102 cm³/mol. The van der Waals surface area contributed by atoms with Crippen LogP contribution >= 0.6 is 0 Å². The first-order valence-electron chi connectivity index (χ1n) is 9.70. The second kappa shape index (κ2) is 10.5. The lowest BCUT2D eigenvalue weighted by molar-refractivity contribution is -0.120. The third-order valence-electron chi connectivity index (χ3n) is 4.58. The van der Waals surface area contributed by atoms with Crippen molar-refractivity contribution in [1.29, 1.82) is 0 Å². The summed E-state index contributed by atoms with van der Waals surface area (Å²) in [4.78, 5) is 23.7. The molecule has 0 amide bonds. The topological polar surface area (TPSA) is 83.8 Å². The number of carbonyl (C=O) groups excluding carboxylic acids is 2. The molecule has 5 nitrogen and oxygen atoms in total. The Morgan fingerprint density at radius 1 is 0.769 bits per heavy atom. The Bertz CT molecular complexity index is 563. The molecule has 0 unspecified atom stereocenters. The number of aliphatic hydroxyl groups is 2. The Hall–Kier alpha value is -1.62. The van der Waals surface area contributed by atoms with Crippen LogP contribution in [0.5, 0.6) is 0 Å². The molecular weight excluding hydrogens is 332 g/mol. The zero-order valence-electron chi connectivity index (χ0n) is 16.7. The van der Waals surface area contributed by atoms with E-state index >= 15 is 0 Å². The van der Waals surface area contributed by atoms with Crippen molar-refractivity contribution in [3.05, 3.63) is 22.7 Å². The van der Waals surface area contributed by atoms with Gasteiger partial charge in [-0.15, -0.1) is 0 Å². The molecule has 0 saturated heterocycles. The zero-order chi connectivity index (χ0) is 19.7. The maximum atomic E-state index is 12.0. The smallest absolute Gasteiger partial charge is 0.227 e. The van der Waals surface area contributed by atoms with Crippen molar-refractivity contribution in [3.63, 3.8) is 0 Å². The van der Waals surface area contributed by atoms with Crippen LogP contribution in [0, 0.1) is 0 Å². The summed E-state index contributed by atoms with van der Waals surface area (Å²) in [6.45, 7) is 8.56. The number of hydrogen-bond acceptors (Lipinski definition) is 5. The molecule has 0 atom stereocenters. The normalized spacial score (nSPS) is 16.0. The molecule has 0 heterocycles. The van der Waals surface area contributed by atoms with E-state index in [2.05, 4.69) is 20.8 Å². The van der Waals surface area contributed by atoms with Gasteiger partial charge in [0.1, 0.15) is 0 Å². The second-order valence-corrected chi connectivity index (χ2v) is 8.00. The predicted octanol–water partition coefficient (Wildman–Crippen LogP) is 5.11. The fourth-order valence-corrected chi connectivity index (χ4v) is 2.99. The number of allylic oxidation sites excluding steroid dienone is 2. The van der Waals surface area contributed by atoms with E-state index in [1.54, 1.807) is 0 Å². The van der Waals surface area contributed by atoms with Gasteiger partial charge < -0.3 is 14.9 Å². The molecule has 5 heteroatoms. The van der Waals surface area contributed by atoms with Gasteiger partial charge in [-0.1, -0.05) is 38.5 Å². The summed E-state index contributed by atoms with van der Waals surface area (Å²) < 4.78 is 5.69. The third-order valence-corrected chi connectivity index (χ3v) is 4.58. The number of unbranched alkanes of at least 4 members (excludes halogenated alkanes) is 7. The van der Waals surface area contributed by atoms with E-state index in [4.69, 9.17) is 4.74 Å². The number of ketones is 2. The monoisotopic (exact) mass is 366 g/mol. The molecule has 26 heavy (non-hydrogen) atoms. The van der Waals surface area contributed by atoms with Gasteiger partial charge in [-0.05, 0) is 47.0 Å². The number of Topliss-reactive ketones (excluding diaryl/α,β-unsaturated/α-hetero) is 2. The van der Waals surface area contributed by atoms with E-state index in [1.165, 1.54) is 26.2 Å². The van der Waals surface area contributed by atoms with Gasteiger partial charge in [0.15, 0.2) is 0 Å². The molecule has 0 radical (unpaired) electrons. The van der Waals surface area contributed by atoms with E-state index in [9.17, 15) is 19.8 Å². The molecule has 0 aromatic carbocycles. The van der Waals surface area contributed by atoms with Crippen LogP contribution in [0.4, 0.5) is 0 Å². The maximum absolute atomic E-state index is 12.0. The first kappa shape index (κ1) is 22.4. The van der Waals surface area contributed by atoms with Crippen molar-refractivity contribution in [2.24, 2.45) is 0 Å². The van der Waals surface area contributed by atoms with E-state index in [1.807, 2.05) is 0 Å². The first-order chi connectivity index (χ1) is 12.1. The number of hydrogen-bond donors (Lipinski definition) is 2. The Morgan fingerprint density at radius 3 is 1.77 bits per heavy atom. The molecule has 0 spiro atoms. The van der Waals surface area contributed by atoms with Crippen molar-refractivity contribution < 1.29 is 24.5 Å². The molecule has 0 aliphatic heterocycles. The molecule has 0 bridgehead atoms. The number of rotatable bonds is 11. The highest BCUT2D eigenvalue weighted by Gasteiger charge is 2.31. The lowest BCUT2D eigenvalue weighted by atomic mass is 9.89. The minimum Gasteiger partial charge on any atom is -0.501 e. The summed E-state index contributed by atoms with van der Waals surface area (Å²) in [7, 11) is 0. The summed E-state index contributed by atoms with van der Waals surface area (Å²) in [5.74, 6) is -2.90. The van der Waals surface area contributed by atoms with Crippen molar-refractivity contribution in [3.8, 4) is 0 Å². The van der Waals surface area contributed by atoms with E-state index in [-0.39, 0.29) is 11.2 Å². The molecule has 0 aromatic heterocycles. The fourth-order valence-electron chi connectivity index (χ4n) is 2.99. The number of ether oxygens (including phenoxy) is 1. The van der Waals surface area contributed by atoms with Crippen molar-refractivity contribution in [2.75, 3.05) is 6.61 Å². The van der Waals surface area contributed by atoms with Crippen LogP contribution in [0.3, 0.4) is 0 Å². The number of carbonyl (C=O) groups is 2. The van der Waals surface area contributed by atoms with Gasteiger partial charge in [0.05, 0.1) is 5.60 Å². The first-order valence-corrected chi connectivity index (χ1v) is 9.70. The fraction of sp³-hybridized carbons (Fsp3) is 0.714. The summed E-state index contributed by atoms with van der Waals surface area (Å²) in [6, 6.07) is 0. The van der Waals surface area contributed by atoms with E-state index in [0.717, 1.165) is 38.7 Å². The second-order valence-electron chi connectivity index (χ2n) is 8.00. The van der Waals surface area contributed by atoms with Crippen LogP contribution in [0.1, 0.15) is 85.5 Å². The Labute approximate surface area is 157 Å². The Balaban J connectivity index is 2.11. The zero-order valence-corrected chi connectivity index (χ0v) is 16.7. The molecular formula is C21H34O5. The van der Waals surface area contributed by atoms with Crippen molar-refractivity contribution in [2.45, 2.75) is 91.1 Å². The summed E-state index contributed by atoms with van der Waals surface area (Å²) >= 11 is 0. The van der Waals surface area contributed by atoms with Gasteiger partial charge >= 0.3 is 0 Å². The summed E-state index contributed by atoms with van der Waals surface area (Å²) in [6.07, 6.45) is 9.23. The van der Waals surface area contributed by atoms with Crippen molar-refractivity contribution in [1.82, 2.24) is 0 Å². The van der Waals surface area contributed by atoms with Gasteiger partial charge in [-0.2, -0.15) is 0 Å². The molecule has 0 aromatic rings. The van der Waals surface area contributed by atoms with Gasteiger partial charge in [0.25, 0.3) is 0 Å². The molecule has 1 aliphatic carbocycles. The lowest BCUT2D eigenvalue weighted by Crippen LogP contribution is -2.22. The van der Waals surface area contributed by atoms with Crippen LogP contribution in [0.25, 0.3) is 0 Å². The van der Waals surface area contributed by atoms with E-state index in [0.29, 0.717) is 12.0 Å². The van der Waals surface area contributed by atoms with Crippen molar-refractivity contribution >= 4 is 11.6 Å². The largest absolute Gasteiger partial charge is 0.501 e. The van der Waals surface area contributed by atoms with Crippen LogP contribution in [-0.2, 0) is 14.3 Å². The Morgan fingerprint density at radius 2 is 1.23 bits per heavy atom. The average Bonchev–Trinajstić information content (AvgIpc) is 2.57. The minimum atomic E-state index is -0.829. The standard InChI is InChI=1S/C21H34O5/c1-15-16(18(23)20(25)19(24)17(15)22)13-11-9-7-5-6-8-10-12-14-26-21(2,3)4/h24-25H,5-14H2,1-4H3. The average molecular weight is 366 g/mol. The minimum absolute atomic E-state index is 0.0521.